The van der Waals surface area contributed by atoms with Crippen molar-refractivity contribution in [3.8, 4) is 0 Å². The number of carbonyl (C=O) groups excluding carboxylic acids is 4. The first-order valence-electron chi connectivity index (χ1n) is 39.4. The van der Waals surface area contributed by atoms with Crippen LogP contribution in [0.15, 0.2) is 134 Å². The summed E-state index contributed by atoms with van der Waals surface area (Å²) in [4.78, 5) is 72.9. The highest BCUT2D eigenvalue weighted by Crippen LogP contribution is 2.45. The molecule has 0 amide bonds. The number of aliphatic hydroxyl groups is 1. The molecule has 0 saturated carbocycles. The van der Waals surface area contributed by atoms with E-state index in [2.05, 4.69) is 149 Å². The fraction of sp³-hybridized carbons (Fsp3) is 0.687. The van der Waals surface area contributed by atoms with Crippen molar-refractivity contribution >= 4 is 39.5 Å². The molecular formula is C83H140O17P2. The first-order chi connectivity index (χ1) is 49.7. The monoisotopic (exact) mass is 1470 g/mol. The van der Waals surface area contributed by atoms with Crippen molar-refractivity contribution < 1.29 is 80.2 Å². The van der Waals surface area contributed by atoms with Crippen molar-refractivity contribution in [2.24, 2.45) is 0 Å². The molecule has 0 aliphatic rings. The highest BCUT2D eigenvalue weighted by molar-refractivity contribution is 7.47. The molecule has 0 saturated heterocycles. The predicted octanol–water partition coefficient (Wildman–Crippen LogP) is 22.9. The zero-order valence-electron chi connectivity index (χ0n) is 63.7. The van der Waals surface area contributed by atoms with E-state index in [9.17, 15) is 43.2 Å². The van der Waals surface area contributed by atoms with Crippen LogP contribution in [0.5, 0.6) is 0 Å². The van der Waals surface area contributed by atoms with Gasteiger partial charge in [0.2, 0.25) is 0 Å². The van der Waals surface area contributed by atoms with Gasteiger partial charge in [0.25, 0.3) is 0 Å². The van der Waals surface area contributed by atoms with E-state index in [0.29, 0.717) is 32.1 Å². The van der Waals surface area contributed by atoms with E-state index in [-0.39, 0.29) is 25.7 Å². The molecule has 0 bridgehead atoms. The van der Waals surface area contributed by atoms with Gasteiger partial charge in [0.1, 0.15) is 19.3 Å². The van der Waals surface area contributed by atoms with E-state index in [0.717, 1.165) is 154 Å². The third-order valence-corrected chi connectivity index (χ3v) is 18.0. The lowest BCUT2D eigenvalue weighted by molar-refractivity contribution is -0.161. The van der Waals surface area contributed by atoms with Crippen LogP contribution in [-0.4, -0.2) is 96.7 Å². The second-order valence-corrected chi connectivity index (χ2v) is 28.8. The Kier molecular flexibility index (Phi) is 71.0. The molecule has 0 heterocycles. The van der Waals surface area contributed by atoms with E-state index < -0.39 is 97.5 Å². The first-order valence-corrected chi connectivity index (χ1v) is 42.4. The number of unbranched alkanes of at least 4 members (excludes halogenated alkanes) is 25. The first kappa shape index (κ1) is 97.2. The molecule has 0 aromatic carbocycles. The van der Waals surface area contributed by atoms with Gasteiger partial charge < -0.3 is 33.8 Å². The Morgan fingerprint density at radius 1 is 0.284 bits per heavy atom. The second-order valence-electron chi connectivity index (χ2n) is 25.9. The Morgan fingerprint density at radius 3 is 0.863 bits per heavy atom. The molecule has 0 rings (SSSR count). The number of allylic oxidation sites excluding steroid dienone is 22. The van der Waals surface area contributed by atoms with Crippen LogP contribution >= 0.6 is 15.6 Å². The van der Waals surface area contributed by atoms with Gasteiger partial charge in [-0.05, 0) is 161 Å². The lowest BCUT2D eigenvalue weighted by Gasteiger charge is -2.21. The van der Waals surface area contributed by atoms with Crippen molar-refractivity contribution in [1.29, 1.82) is 0 Å². The van der Waals surface area contributed by atoms with Crippen LogP contribution in [0.2, 0.25) is 0 Å². The van der Waals surface area contributed by atoms with E-state index in [4.69, 9.17) is 37.0 Å². The molecule has 19 heteroatoms. The molecular weight excluding hydrogens is 1330 g/mol. The Hall–Kier alpha value is -4.80. The zero-order chi connectivity index (χ0) is 74.6. The fourth-order valence-electron chi connectivity index (χ4n) is 10.1. The average Bonchev–Trinajstić information content (AvgIpc) is 0.923. The third-order valence-electron chi connectivity index (χ3n) is 16.1. The maximum absolute atomic E-state index is 13.1. The molecule has 0 spiro atoms. The van der Waals surface area contributed by atoms with Crippen molar-refractivity contribution in [2.45, 2.75) is 329 Å². The number of rotatable bonds is 73. The minimum absolute atomic E-state index is 0.00779. The Labute approximate surface area is 618 Å². The maximum Gasteiger partial charge on any atom is 0.472 e. The van der Waals surface area contributed by atoms with Gasteiger partial charge in [-0.2, -0.15) is 0 Å². The summed E-state index contributed by atoms with van der Waals surface area (Å²) in [5.41, 5.74) is 0. The fourth-order valence-corrected chi connectivity index (χ4v) is 11.6. The van der Waals surface area contributed by atoms with Gasteiger partial charge in [-0.15, -0.1) is 0 Å². The summed E-state index contributed by atoms with van der Waals surface area (Å²) in [5, 5.41) is 10.6. The number of carbonyl (C=O) groups is 4. The molecule has 0 aromatic rings. The summed E-state index contributed by atoms with van der Waals surface area (Å²) in [6.07, 6.45) is 83.0. The Morgan fingerprint density at radius 2 is 0.520 bits per heavy atom. The van der Waals surface area contributed by atoms with Crippen LogP contribution in [0.4, 0.5) is 0 Å². The van der Waals surface area contributed by atoms with Gasteiger partial charge in [-0.25, -0.2) is 9.13 Å². The number of phosphoric acid groups is 2. The number of hydrogen-bond acceptors (Lipinski definition) is 15. The van der Waals surface area contributed by atoms with Crippen LogP contribution in [0.25, 0.3) is 0 Å². The third kappa shape index (κ3) is 73.5. The summed E-state index contributed by atoms with van der Waals surface area (Å²) in [6, 6.07) is 0. The summed E-state index contributed by atoms with van der Waals surface area (Å²) in [6.45, 7) is 4.58. The minimum Gasteiger partial charge on any atom is -0.462 e. The van der Waals surface area contributed by atoms with Crippen LogP contribution in [0, 0.1) is 0 Å². The Bertz CT molecular complexity index is 2460. The van der Waals surface area contributed by atoms with Crippen molar-refractivity contribution in [2.75, 3.05) is 39.6 Å². The summed E-state index contributed by atoms with van der Waals surface area (Å²) >= 11 is 0. The van der Waals surface area contributed by atoms with E-state index in [1.807, 2.05) is 12.2 Å². The number of phosphoric ester groups is 2. The normalized spacial score (nSPS) is 14.6. The minimum atomic E-state index is -5.00. The molecule has 0 aliphatic heterocycles. The quantitative estimate of drug-likeness (QED) is 0.0169. The van der Waals surface area contributed by atoms with E-state index >= 15 is 0 Å². The molecule has 102 heavy (non-hydrogen) atoms. The van der Waals surface area contributed by atoms with E-state index in [1.54, 1.807) is 0 Å². The zero-order valence-corrected chi connectivity index (χ0v) is 65.5. The van der Waals surface area contributed by atoms with Crippen LogP contribution in [0.1, 0.15) is 310 Å². The Balaban J connectivity index is 5.45. The number of ether oxygens (including phenoxy) is 4. The molecule has 3 N–H and O–H groups in total. The lowest BCUT2D eigenvalue weighted by Crippen LogP contribution is -2.30. The largest absolute Gasteiger partial charge is 0.472 e. The molecule has 5 atom stereocenters. The molecule has 17 nitrogen and oxygen atoms in total. The summed E-state index contributed by atoms with van der Waals surface area (Å²) in [5.74, 6) is -2.30. The number of aliphatic hydroxyl groups excluding tert-OH is 1. The van der Waals surface area contributed by atoms with Crippen LogP contribution < -0.4 is 0 Å². The highest BCUT2D eigenvalue weighted by Gasteiger charge is 2.30. The smallest absolute Gasteiger partial charge is 0.462 e. The van der Waals surface area contributed by atoms with Gasteiger partial charge in [0.15, 0.2) is 12.2 Å². The van der Waals surface area contributed by atoms with E-state index in [1.165, 1.54) is 70.6 Å². The molecule has 0 aliphatic carbocycles. The highest BCUT2D eigenvalue weighted by atomic mass is 31.2. The standard InChI is InChI=1S/C83H140O17P2/c1-5-9-13-17-21-25-29-33-35-37-38-40-41-45-48-52-56-60-64-68-81(86)94-74-79(100-83(88)70-66-62-58-54-50-46-42-39-36-34-30-26-22-18-14-10-6-2)76-98-102(91,92)96-72-77(84)71-95-101(89,90)97-75-78(99-82(87)69-65-61-57-53-49-44-32-28-24-20-16-12-8-4)73-93-80(85)67-63-59-55-51-47-43-31-27-23-19-15-11-7-3/h9,13,21-22,25-28,31-36,38,40,42,45-46,48,54,58,77-79,84H,5-8,10-12,14-20,23-24,29-30,37,39,41,43-44,47,49-53,55-57,59-76H2,1-4H3,(H,89,90)(H,91,92)/b13-9-,25-21-,26-22-,31-27-,32-28-,35-33-,36-34-,40-38-,46-42-,48-45-,58-54-/t77-,78+,79+/m0/s1. The summed E-state index contributed by atoms with van der Waals surface area (Å²) < 4.78 is 68.4. The topological polar surface area (TPSA) is 237 Å². The molecule has 584 valence electrons. The average molecular weight is 1470 g/mol. The molecule has 0 aromatic heterocycles. The van der Waals surface area contributed by atoms with Crippen LogP contribution in [0.3, 0.4) is 0 Å². The van der Waals surface area contributed by atoms with Gasteiger partial charge in [0, 0.05) is 25.7 Å². The van der Waals surface area contributed by atoms with Gasteiger partial charge in [-0.1, -0.05) is 258 Å². The predicted molar refractivity (Wildman–Crippen MR) is 418 cm³/mol. The second kappa shape index (κ2) is 74.5. The lowest BCUT2D eigenvalue weighted by atomic mass is 10.1. The van der Waals surface area contributed by atoms with Gasteiger partial charge in [0.05, 0.1) is 26.4 Å². The van der Waals surface area contributed by atoms with Crippen molar-refractivity contribution in [3.63, 3.8) is 0 Å². The summed E-state index contributed by atoms with van der Waals surface area (Å²) in [7, 11) is -9.99. The van der Waals surface area contributed by atoms with Crippen molar-refractivity contribution in [3.05, 3.63) is 134 Å². The molecule has 2 unspecified atom stereocenters. The maximum atomic E-state index is 13.1. The molecule has 0 fully saturated rings. The number of esters is 4. The SMILES string of the molecule is CC/C=C\C/C=C\C/C=C\C/C=C\C/C=C\CCCCCC(=O)OC[C@H](COP(=O)(O)OC[C@@H](O)COP(=O)(O)OC[C@@H](COC(=O)CCCCCCC/C=C\CCCCCC)OC(=O)CCCCCCC/C=C\CCCCCC)OC(=O)CCC/C=C\C/C=C\C/C=C\C/C=C\CCCCC. The van der Waals surface area contributed by atoms with Crippen LogP contribution in [-0.2, 0) is 65.4 Å². The molecule has 0 radical (unpaired) electrons. The van der Waals surface area contributed by atoms with Gasteiger partial charge >= 0.3 is 39.5 Å². The van der Waals surface area contributed by atoms with Crippen molar-refractivity contribution in [1.82, 2.24) is 0 Å². The number of hydrogen-bond donors (Lipinski definition) is 3. The van der Waals surface area contributed by atoms with Gasteiger partial charge in [-0.3, -0.25) is 37.3 Å².